The number of carboxylic acid groups (broad SMARTS) is 2. The number of thioether (sulfide) groups is 2. The van der Waals surface area contributed by atoms with Crippen molar-refractivity contribution in [2.45, 2.75) is 86.0 Å². The number of halogens is 1. The summed E-state index contributed by atoms with van der Waals surface area (Å²) in [6.45, 7) is 11.0. The smallest absolute Gasteiger partial charge is 0.327 e. The molecule has 3 aromatic carbocycles. The SMILES string of the molecule is CCOc1ccc2ccccc2c1C(=O)N[C@@H]1C(=O)N2[C@@H]1SC(C)(C)[C@@H]2C(=O)O.Cc1onc(-c2ccccc2Cl)c1C(=O)N[C@@H]1C(=O)N2[C@@H]1SC(C)(C)[C@@H]2C(=O)O. The van der Waals surface area contributed by atoms with Crippen LogP contribution >= 0.6 is 35.1 Å². The third-order valence-electron chi connectivity index (χ3n) is 10.6. The molecule has 4 aliphatic rings. The maximum absolute atomic E-state index is 13.2. The van der Waals surface area contributed by atoms with Crippen LogP contribution in [0.5, 0.6) is 5.75 Å². The number of fused-ring (bicyclic) bond motifs is 3. The number of carbonyl (C=O) groups excluding carboxylic acids is 4. The first-order chi connectivity index (χ1) is 27.4. The molecule has 0 aliphatic carbocycles. The number of carboxylic acids is 2. The molecule has 0 bridgehead atoms. The van der Waals surface area contributed by atoms with E-state index in [4.69, 9.17) is 20.9 Å². The molecular weight excluding hydrogens is 810 g/mol. The van der Waals surface area contributed by atoms with E-state index in [-0.39, 0.29) is 17.2 Å². The molecule has 4 fully saturated rings. The minimum Gasteiger partial charge on any atom is -0.493 e. The van der Waals surface area contributed by atoms with Crippen molar-refractivity contribution in [3.05, 3.63) is 82.6 Å². The van der Waals surface area contributed by atoms with Gasteiger partial charge in [0.25, 0.3) is 11.8 Å². The van der Waals surface area contributed by atoms with Gasteiger partial charge in [-0.1, -0.05) is 65.3 Å². The highest BCUT2D eigenvalue weighted by Gasteiger charge is 2.65. The second kappa shape index (κ2) is 15.2. The van der Waals surface area contributed by atoms with Gasteiger partial charge in [-0.15, -0.1) is 23.5 Å². The lowest BCUT2D eigenvalue weighted by Crippen LogP contribution is -2.70. The lowest BCUT2D eigenvalue weighted by atomic mass is 9.95. The van der Waals surface area contributed by atoms with Gasteiger partial charge >= 0.3 is 11.9 Å². The summed E-state index contributed by atoms with van der Waals surface area (Å²) in [4.78, 5) is 77.5. The number of hydrogen-bond acceptors (Lipinski definition) is 11. The van der Waals surface area contributed by atoms with E-state index in [1.54, 1.807) is 65.0 Å². The van der Waals surface area contributed by atoms with Crippen LogP contribution in [0.3, 0.4) is 0 Å². The first-order valence-electron chi connectivity index (χ1n) is 18.3. The molecule has 58 heavy (non-hydrogen) atoms. The lowest BCUT2D eigenvalue weighted by Gasteiger charge is -2.43. The molecule has 0 unspecified atom stereocenters. The number of nitrogens with one attached hydrogen (secondary N) is 2. The van der Waals surface area contributed by atoms with Crippen molar-refractivity contribution in [2.75, 3.05) is 6.61 Å². The Hall–Kier alpha value is -5.26. The predicted octanol–water partition coefficient (Wildman–Crippen LogP) is 5.03. The van der Waals surface area contributed by atoms with Gasteiger partial charge in [-0.3, -0.25) is 19.2 Å². The average molecular weight is 850 g/mol. The van der Waals surface area contributed by atoms with Crippen molar-refractivity contribution in [3.63, 3.8) is 0 Å². The molecule has 6 atom stereocenters. The van der Waals surface area contributed by atoms with Gasteiger partial charge in [0.15, 0.2) is 0 Å². The van der Waals surface area contributed by atoms with Crippen LogP contribution in [0.1, 0.15) is 61.1 Å². The average Bonchev–Trinajstić information content (AvgIpc) is 3.77. The number of aliphatic carboxylic acids is 2. The van der Waals surface area contributed by atoms with E-state index in [9.17, 15) is 39.0 Å². The van der Waals surface area contributed by atoms with Gasteiger partial charge in [-0.25, -0.2) is 9.59 Å². The van der Waals surface area contributed by atoms with Crippen LogP contribution in [0.2, 0.25) is 5.02 Å². The van der Waals surface area contributed by atoms with Crippen molar-refractivity contribution in [2.24, 2.45) is 0 Å². The molecule has 15 nitrogen and oxygen atoms in total. The van der Waals surface area contributed by atoms with Gasteiger partial charge in [-0.05, 0) is 64.4 Å². The van der Waals surface area contributed by atoms with Crippen molar-refractivity contribution in [1.29, 1.82) is 0 Å². The summed E-state index contributed by atoms with van der Waals surface area (Å²) in [7, 11) is 0. The molecule has 4 aromatic rings. The number of aryl methyl sites for hydroxylation is 1. The Morgan fingerprint density at radius 3 is 1.86 bits per heavy atom. The van der Waals surface area contributed by atoms with Crippen LogP contribution in [0.4, 0.5) is 0 Å². The Labute approximate surface area is 346 Å². The monoisotopic (exact) mass is 849 g/mol. The fraction of sp³-hybridized carbons (Fsp3) is 0.375. The molecule has 8 rings (SSSR count). The summed E-state index contributed by atoms with van der Waals surface area (Å²) in [5.74, 6) is -3.04. The van der Waals surface area contributed by atoms with E-state index in [1.165, 1.54) is 33.3 Å². The molecule has 4 saturated heterocycles. The second-order valence-corrected chi connectivity index (χ2v) is 19.1. The molecule has 18 heteroatoms. The van der Waals surface area contributed by atoms with Crippen LogP contribution in [-0.4, -0.2) is 112 Å². The largest absolute Gasteiger partial charge is 0.493 e. The molecule has 5 heterocycles. The maximum atomic E-state index is 13.2. The number of hydrogen-bond donors (Lipinski definition) is 4. The quantitative estimate of drug-likeness (QED) is 0.163. The molecule has 0 spiro atoms. The normalized spacial score (nSPS) is 24.7. The number of ether oxygens (including phenoxy) is 1. The van der Waals surface area contributed by atoms with Crippen molar-refractivity contribution in [1.82, 2.24) is 25.6 Å². The molecule has 1 aromatic heterocycles. The number of amides is 4. The zero-order valence-electron chi connectivity index (χ0n) is 32.1. The second-order valence-electron chi connectivity index (χ2n) is 15.1. The van der Waals surface area contributed by atoms with E-state index in [1.807, 2.05) is 37.3 Å². The molecule has 0 saturated carbocycles. The first-order valence-corrected chi connectivity index (χ1v) is 20.5. The topological polar surface area (TPSA) is 209 Å². The van der Waals surface area contributed by atoms with Gasteiger partial charge in [-0.2, -0.15) is 0 Å². The third kappa shape index (κ3) is 6.81. The number of aromatic nitrogens is 1. The zero-order valence-corrected chi connectivity index (χ0v) is 34.5. The molecule has 304 valence electrons. The summed E-state index contributed by atoms with van der Waals surface area (Å²) in [6, 6.07) is 14.6. The standard InChI is InChI=1S/C21H22N2O5S.C19H18ClN3O5S/c1-4-28-13-10-9-11-7-5-6-8-12(11)14(13)17(24)22-15-18(25)23-16(20(26)27)21(2,3)29-19(15)23;1-8-11(12(22-28-8)9-6-4-5-7-10(9)20)15(24)21-13-16(25)23-14(18(26)27)19(2,3)29-17(13)23/h5-10,15-16,19H,4H2,1-3H3,(H,22,24)(H,26,27);4-7,13-14,17H,1-3H3,(H,21,24)(H,26,27)/t15-,16+,19-;13-,14+,17-/m11/s1. The minimum absolute atomic E-state index is 0.196. The van der Waals surface area contributed by atoms with Gasteiger partial charge < -0.3 is 39.9 Å². The van der Waals surface area contributed by atoms with Crippen LogP contribution < -0.4 is 15.4 Å². The third-order valence-corrected chi connectivity index (χ3v) is 14.0. The summed E-state index contributed by atoms with van der Waals surface area (Å²) in [5.41, 5.74) is 1.41. The van der Waals surface area contributed by atoms with E-state index in [0.29, 0.717) is 34.3 Å². The molecule has 4 N–H and O–H groups in total. The molecule has 0 radical (unpaired) electrons. The number of nitrogens with zero attached hydrogens (tertiary/aromatic N) is 3. The Morgan fingerprint density at radius 1 is 0.810 bits per heavy atom. The Kier molecular flexibility index (Phi) is 10.7. The summed E-state index contributed by atoms with van der Waals surface area (Å²) in [5, 5.41) is 29.8. The lowest BCUT2D eigenvalue weighted by molar-refractivity contribution is -0.159. The van der Waals surface area contributed by atoms with Crippen molar-refractivity contribution in [3.8, 4) is 17.0 Å². The number of carbonyl (C=O) groups is 6. The summed E-state index contributed by atoms with van der Waals surface area (Å²) >= 11 is 8.99. The zero-order chi connectivity index (χ0) is 42.0. The number of rotatable bonds is 9. The fourth-order valence-corrected chi connectivity index (χ4v) is 11.4. The van der Waals surface area contributed by atoms with E-state index >= 15 is 0 Å². The highest BCUT2D eigenvalue weighted by molar-refractivity contribution is 8.02. The number of benzene rings is 3. The van der Waals surface area contributed by atoms with Crippen LogP contribution in [0.15, 0.2) is 65.2 Å². The van der Waals surface area contributed by atoms with Crippen LogP contribution in [0.25, 0.3) is 22.0 Å². The molecular formula is C40H40ClN5O10S2. The summed E-state index contributed by atoms with van der Waals surface area (Å²) in [6.07, 6.45) is 0. The summed E-state index contributed by atoms with van der Waals surface area (Å²) < 4.78 is 9.56. The highest BCUT2D eigenvalue weighted by atomic mass is 35.5. The van der Waals surface area contributed by atoms with Gasteiger partial charge in [0.2, 0.25) is 11.8 Å². The van der Waals surface area contributed by atoms with Crippen LogP contribution in [0, 0.1) is 6.92 Å². The minimum atomic E-state index is -1.06. The Bertz CT molecular complexity index is 2390. The Morgan fingerprint density at radius 2 is 1.33 bits per heavy atom. The molecule has 4 aliphatic heterocycles. The van der Waals surface area contributed by atoms with E-state index in [2.05, 4.69) is 15.8 Å². The maximum Gasteiger partial charge on any atom is 0.327 e. The van der Waals surface area contributed by atoms with Gasteiger partial charge in [0, 0.05) is 15.1 Å². The Balaban J connectivity index is 0.000000177. The predicted molar refractivity (Wildman–Crippen MR) is 217 cm³/mol. The van der Waals surface area contributed by atoms with Crippen molar-refractivity contribution < 1.29 is 48.2 Å². The first kappa shape index (κ1) is 40.9. The van der Waals surface area contributed by atoms with Gasteiger partial charge in [0.1, 0.15) is 57.7 Å². The molecule has 4 amide bonds. The number of β-lactam (4-membered cyclic amide) rings is 2. The fourth-order valence-electron chi connectivity index (χ4n) is 7.96. The van der Waals surface area contributed by atoms with Crippen LogP contribution in [-0.2, 0) is 19.2 Å². The van der Waals surface area contributed by atoms with Gasteiger partial charge in [0.05, 0.1) is 17.2 Å². The highest BCUT2D eigenvalue weighted by Crippen LogP contribution is 2.52. The van der Waals surface area contributed by atoms with Crippen molar-refractivity contribution >= 4 is 81.5 Å². The van der Waals surface area contributed by atoms with E-state index < -0.39 is 74.1 Å². The van der Waals surface area contributed by atoms with E-state index in [0.717, 1.165) is 10.8 Å².